The molecule has 5 rings (SSSR count). The Hall–Kier alpha value is -4.59. The summed E-state index contributed by atoms with van der Waals surface area (Å²) >= 11 is 0. The summed E-state index contributed by atoms with van der Waals surface area (Å²) in [5.74, 6) is 0.118. The second kappa shape index (κ2) is 8.51. The van der Waals surface area contributed by atoms with E-state index >= 15 is 0 Å². The predicted octanol–water partition coefficient (Wildman–Crippen LogP) is 4.42. The van der Waals surface area contributed by atoms with Crippen LogP contribution in [0.3, 0.4) is 0 Å². The van der Waals surface area contributed by atoms with E-state index in [1.165, 1.54) is 6.20 Å². The maximum absolute atomic E-state index is 13.0. The van der Waals surface area contributed by atoms with Crippen molar-refractivity contribution in [3.63, 3.8) is 0 Å². The van der Waals surface area contributed by atoms with Crippen molar-refractivity contribution in [3.05, 3.63) is 90.6 Å². The highest BCUT2D eigenvalue weighted by Gasteiger charge is 2.22. The molecule has 0 fully saturated rings. The summed E-state index contributed by atoms with van der Waals surface area (Å²) in [5, 5.41) is 7.48. The molecule has 1 unspecified atom stereocenters. The van der Waals surface area contributed by atoms with Crippen LogP contribution in [0.5, 0.6) is 0 Å². The van der Waals surface area contributed by atoms with E-state index in [4.69, 9.17) is 15.2 Å². The van der Waals surface area contributed by atoms with Gasteiger partial charge in [-0.1, -0.05) is 47.6 Å². The number of rotatable bonds is 5. The van der Waals surface area contributed by atoms with Gasteiger partial charge in [0.2, 0.25) is 0 Å². The summed E-state index contributed by atoms with van der Waals surface area (Å²) < 4.78 is 5.14. The molecule has 3 N–H and O–H groups in total. The third-order valence-electron chi connectivity index (χ3n) is 5.29. The first-order valence-corrected chi connectivity index (χ1v) is 10.4. The molecule has 1 amide bonds. The fraction of sp³-hybridized carbons (Fsp3) is 0.0800. The second-order valence-electron chi connectivity index (χ2n) is 7.54. The Kier molecular flexibility index (Phi) is 5.24. The van der Waals surface area contributed by atoms with Crippen molar-refractivity contribution in [2.45, 2.75) is 13.0 Å². The standard InChI is InChI=1S/C25H20N6O2/c1-15(20-11-13-28-33-20)29-25(32)23-24(26)31-21(16-6-3-2-4-7-16)22(30-23)18-9-10-19-17(14-18)8-5-12-27-19/h2-15H,1H3,(H2,26,31)(H,29,32). The number of nitrogens with zero attached hydrogens (tertiary/aromatic N) is 4. The molecule has 0 aliphatic rings. The summed E-state index contributed by atoms with van der Waals surface area (Å²) in [6, 6.07) is 20.6. The highest BCUT2D eigenvalue weighted by Crippen LogP contribution is 2.32. The third kappa shape index (κ3) is 4.01. The highest BCUT2D eigenvalue weighted by molar-refractivity contribution is 5.98. The average Bonchev–Trinajstić information content (AvgIpc) is 3.39. The molecule has 0 radical (unpaired) electrons. The summed E-state index contributed by atoms with van der Waals surface area (Å²) in [4.78, 5) is 26.7. The van der Waals surface area contributed by atoms with Gasteiger partial charge in [0.15, 0.2) is 17.3 Å². The van der Waals surface area contributed by atoms with Gasteiger partial charge in [-0.25, -0.2) is 9.97 Å². The summed E-state index contributed by atoms with van der Waals surface area (Å²) in [6.07, 6.45) is 3.27. The molecule has 8 heteroatoms. The quantitative estimate of drug-likeness (QED) is 0.418. The highest BCUT2D eigenvalue weighted by atomic mass is 16.5. The molecule has 5 aromatic rings. The van der Waals surface area contributed by atoms with Crippen molar-refractivity contribution in [1.82, 2.24) is 25.4 Å². The fourth-order valence-electron chi connectivity index (χ4n) is 3.62. The van der Waals surface area contributed by atoms with Crippen LogP contribution in [0.15, 0.2) is 83.6 Å². The van der Waals surface area contributed by atoms with Gasteiger partial charge in [-0.3, -0.25) is 9.78 Å². The van der Waals surface area contributed by atoms with Crippen LogP contribution in [0, 0.1) is 0 Å². The largest absolute Gasteiger partial charge is 0.382 e. The van der Waals surface area contributed by atoms with Gasteiger partial charge in [-0.15, -0.1) is 0 Å². The number of aromatic nitrogens is 4. The minimum absolute atomic E-state index is 0.0438. The number of carbonyl (C=O) groups is 1. The van der Waals surface area contributed by atoms with E-state index in [9.17, 15) is 4.79 Å². The Morgan fingerprint density at radius 1 is 0.939 bits per heavy atom. The van der Waals surface area contributed by atoms with Gasteiger partial charge in [0, 0.05) is 28.8 Å². The Bertz CT molecular complexity index is 1430. The molecule has 0 spiro atoms. The lowest BCUT2D eigenvalue weighted by Crippen LogP contribution is -2.28. The third-order valence-corrected chi connectivity index (χ3v) is 5.29. The van der Waals surface area contributed by atoms with E-state index in [1.807, 2.05) is 60.7 Å². The molecule has 8 nitrogen and oxygen atoms in total. The second-order valence-corrected chi connectivity index (χ2v) is 7.54. The van der Waals surface area contributed by atoms with Gasteiger partial charge in [0.25, 0.3) is 5.91 Å². The number of hydrogen-bond acceptors (Lipinski definition) is 7. The Morgan fingerprint density at radius 3 is 2.55 bits per heavy atom. The van der Waals surface area contributed by atoms with Crippen LogP contribution < -0.4 is 11.1 Å². The number of fused-ring (bicyclic) bond motifs is 1. The number of pyridine rings is 1. The molecule has 162 valence electrons. The molecule has 2 aromatic carbocycles. The van der Waals surface area contributed by atoms with Gasteiger partial charge in [0.05, 0.1) is 29.1 Å². The molecule has 1 atom stereocenters. The van der Waals surface area contributed by atoms with Crippen LogP contribution in [0.2, 0.25) is 0 Å². The lowest BCUT2D eigenvalue weighted by Gasteiger charge is -2.15. The van der Waals surface area contributed by atoms with E-state index < -0.39 is 11.9 Å². The predicted molar refractivity (Wildman–Crippen MR) is 125 cm³/mol. The van der Waals surface area contributed by atoms with Crippen molar-refractivity contribution in [1.29, 1.82) is 0 Å². The van der Waals surface area contributed by atoms with Crippen molar-refractivity contribution >= 4 is 22.6 Å². The number of anilines is 1. The number of hydrogen-bond donors (Lipinski definition) is 2. The molecule has 0 bridgehead atoms. The lowest BCUT2D eigenvalue weighted by atomic mass is 10.0. The van der Waals surface area contributed by atoms with Gasteiger partial charge >= 0.3 is 0 Å². The van der Waals surface area contributed by atoms with E-state index in [0.717, 1.165) is 22.0 Å². The zero-order valence-corrected chi connectivity index (χ0v) is 17.8. The van der Waals surface area contributed by atoms with Gasteiger partial charge < -0.3 is 15.6 Å². The van der Waals surface area contributed by atoms with E-state index in [-0.39, 0.29) is 11.5 Å². The van der Waals surface area contributed by atoms with Crippen LogP contribution in [0.25, 0.3) is 33.4 Å². The van der Waals surface area contributed by atoms with Crippen LogP contribution in [0.1, 0.15) is 29.2 Å². The summed E-state index contributed by atoms with van der Waals surface area (Å²) in [5.41, 5.74) is 9.92. The van der Waals surface area contributed by atoms with Crippen LogP contribution in [0.4, 0.5) is 5.82 Å². The summed E-state index contributed by atoms with van der Waals surface area (Å²) in [6.45, 7) is 1.79. The maximum atomic E-state index is 13.0. The zero-order valence-electron chi connectivity index (χ0n) is 17.8. The van der Waals surface area contributed by atoms with Gasteiger partial charge in [-0.2, -0.15) is 0 Å². The SMILES string of the molecule is CC(NC(=O)c1nc(-c2ccc3ncccc3c2)c(-c2ccccc2)nc1N)c1ccno1. The molecule has 0 aliphatic heterocycles. The number of amides is 1. The van der Waals surface area contributed by atoms with Gasteiger partial charge in [-0.05, 0) is 25.1 Å². The Morgan fingerprint density at radius 2 is 1.76 bits per heavy atom. The van der Waals surface area contributed by atoms with Crippen LogP contribution in [-0.2, 0) is 0 Å². The number of carbonyl (C=O) groups excluding carboxylic acids is 1. The molecule has 0 saturated carbocycles. The van der Waals surface area contributed by atoms with Crippen molar-refractivity contribution in [2.75, 3.05) is 5.73 Å². The fourth-order valence-corrected chi connectivity index (χ4v) is 3.62. The normalized spacial score (nSPS) is 11.9. The number of nitrogens with one attached hydrogen (secondary N) is 1. The molecule has 0 aliphatic carbocycles. The molecule has 0 saturated heterocycles. The first-order valence-electron chi connectivity index (χ1n) is 10.4. The van der Waals surface area contributed by atoms with Crippen molar-refractivity contribution in [2.24, 2.45) is 0 Å². The van der Waals surface area contributed by atoms with E-state index in [1.54, 1.807) is 19.2 Å². The Labute approximate surface area is 189 Å². The number of benzene rings is 2. The van der Waals surface area contributed by atoms with Crippen molar-refractivity contribution < 1.29 is 9.32 Å². The average molecular weight is 436 g/mol. The van der Waals surface area contributed by atoms with E-state index in [0.29, 0.717) is 17.1 Å². The topological polar surface area (TPSA) is 120 Å². The minimum atomic E-state index is -0.452. The monoisotopic (exact) mass is 436 g/mol. The summed E-state index contributed by atoms with van der Waals surface area (Å²) in [7, 11) is 0. The first-order chi connectivity index (χ1) is 16.1. The molecular formula is C25H20N6O2. The molecule has 3 aromatic heterocycles. The molecule has 3 heterocycles. The van der Waals surface area contributed by atoms with Gasteiger partial charge in [0.1, 0.15) is 0 Å². The lowest BCUT2D eigenvalue weighted by molar-refractivity contribution is 0.0929. The number of nitrogens with two attached hydrogens (primary N) is 1. The molecule has 33 heavy (non-hydrogen) atoms. The van der Waals surface area contributed by atoms with Crippen LogP contribution in [-0.4, -0.2) is 26.0 Å². The van der Waals surface area contributed by atoms with E-state index in [2.05, 4.69) is 20.4 Å². The van der Waals surface area contributed by atoms with Crippen molar-refractivity contribution in [3.8, 4) is 22.5 Å². The Balaban J connectivity index is 1.62. The maximum Gasteiger partial charge on any atom is 0.274 e. The smallest absolute Gasteiger partial charge is 0.274 e. The molecular weight excluding hydrogens is 416 g/mol. The zero-order chi connectivity index (χ0) is 22.8. The minimum Gasteiger partial charge on any atom is -0.382 e. The first kappa shape index (κ1) is 20.3. The number of nitrogen functional groups attached to an aromatic ring is 1. The van der Waals surface area contributed by atoms with Crippen LogP contribution >= 0.6 is 0 Å².